The summed E-state index contributed by atoms with van der Waals surface area (Å²) in [6.45, 7) is 9.85. The fourth-order valence-corrected chi connectivity index (χ4v) is 2.30. The van der Waals surface area contributed by atoms with Crippen molar-refractivity contribution in [3.8, 4) is 17.2 Å². The Morgan fingerprint density at radius 2 is 1.77 bits per heavy atom. The van der Waals surface area contributed by atoms with Crippen LogP contribution < -0.4 is 14.8 Å². The minimum atomic E-state index is -0.707. The summed E-state index contributed by atoms with van der Waals surface area (Å²) in [5.74, 6) is 0.902. The molecule has 0 spiro atoms. The monoisotopic (exact) mass is 357 g/mol. The highest BCUT2D eigenvalue weighted by Crippen LogP contribution is 2.34. The number of hydrogen-bond acceptors (Lipinski definition) is 5. The molecule has 1 unspecified atom stereocenters. The summed E-state index contributed by atoms with van der Waals surface area (Å²) in [7, 11) is 0. The van der Waals surface area contributed by atoms with Gasteiger partial charge >= 0.3 is 5.97 Å². The van der Waals surface area contributed by atoms with Gasteiger partial charge in [0.05, 0.1) is 6.10 Å². The average molecular weight is 357 g/mol. The van der Waals surface area contributed by atoms with Gasteiger partial charge in [-0.3, -0.25) is 4.79 Å². The fraction of sp³-hybridized carbons (Fsp3) is 0.381. The molecule has 0 aromatic heterocycles. The molecule has 2 aromatic carbocycles. The first kappa shape index (κ1) is 19.9. The van der Waals surface area contributed by atoms with Gasteiger partial charge in [0.25, 0.3) is 0 Å². The van der Waals surface area contributed by atoms with E-state index in [9.17, 15) is 9.90 Å². The van der Waals surface area contributed by atoms with Crippen LogP contribution in [-0.4, -0.2) is 23.2 Å². The smallest absolute Gasteiger partial charge is 0.308 e. The van der Waals surface area contributed by atoms with Crippen LogP contribution in [0.4, 0.5) is 0 Å². The van der Waals surface area contributed by atoms with Gasteiger partial charge in [-0.05, 0) is 57.5 Å². The minimum Gasteiger partial charge on any atom is -0.453 e. The number of aryl methyl sites for hydroxylation is 1. The van der Waals surface area contributed by atoms with Gasteiger partial charge in [-0.15, -0.1) is 0 Å². The number of nitrogens with one attached hydrogen (secondary N) is 1. The maximum Gasteiger partial charge on any atom is 0.308 e. The predicted molar refractivity (Wildman–Crippen MR) is 102 cm³/mol. The van der Waals surface area contributed by atoms with Crippen molar-refractivity contribution >= 4 is 5.97 Å². The van der Waals surface area contributed by atoms with Crippen molar-refractivity contribution in [2.45, 2.75) is 46.3 Å². The number of carbonyl (C=O) groups is 1. The van der Waals surface area contributed by atoms with E-state index in [1.54, 1.807) is 18.2 Å². The quantitative estimate of drug-likeness (QED) is 0.601. The summed E-state index contributed by atoms with van der Waals surface area (Å²) in [4.78, 5) is 11.4. The van der Waals surface area contributed by atoms with Crippen LogP contribution in [0.3, 0.4) is 0 Å². The van der Waals surface area contributed by atoms with E-state index >= 15 is 0 Å². The van der Waals surface area contributed by atoms with Gasteiger partial charge in [0.1, 0.15) is 5.75 Å². The van der Waals surface area contributed by atoms with E-state index in [2.05, 4.69) is 5.32 Å². The van der Waals surface area contributed by atoms with Crippen molar-refractivity contribution in [2.24, 2.45) is 0 Å². The van der Waals surface area contributed by atoms with Gasteiger partial charge in [-0.1, -0.05) is 23.8 Å². The van der Waals surface area contributed by atoms with Crippen LogP contribution in [0.5, 0.6) is 17.2 Å². The van der Waals surface area contributed by atoms with Gasteiger partial charge in [0.2, 0.25) is 0 Å². The van der Waals surface area contributed by atoms with Crippen LogP contribution in [0.25, 0.3) is 0 Å². The number of carbonyl (C=O) groups excluding carboxylic acids is 1. The van der Waals surface area contributed by atoms with Crippen LogP contribution in [-0.2, 0) is 4.79 Å². The molecule has 5 heteroatoms. The van der Waals surface area contributed by atoms with Crippen molar-refractivity contribution in [2.75, 3.05) is 6.54 Å². The molecule has 2 aromatic rings. The molecule has 0 saturated carbocycles. The molecule has 0 radical (unpaired) electrons. The Balaban J connectivity index is 2.26. The molecule has 0 heterocycles. The largest absolute Gasteiger partial charge is 0.453 e. The summed E-state index contributed by atoms with van der Waals surface area (Å²) >= 11 is 0. The second-order valence-electron chi connectivity index (χ2n) is 7.36. The van der Waals surface area contributed by atoms with Crippen LogP contribution in [0, 0.1) is 6.92 Å². The van der Waals surface area contributed by atoms with Crippen molar-refractivity contribution in [1.29, 1.82) is 0 Å². The third kappa shape index (κ3) is 6.17. The molecule has 0 bridgehead atoms. The molecule has 0 saturated heterocycles. The molecule has 0 aliphatic heterocycles. The van der Waals surface area contributed by atoms with Crippen molar-refractivity contribution in [3.63, 3.8) is 0 Å². The van der Waals surface area contributed by atoms with Gasteiger partial charge in [0, 0.05) is 19.0 Å². The molecular formula is C21H27NO4. The molecule has 0 fully saturated rings. The lowest BCUT2D eigenvalue weighted by molar-refractivity contribution is -0.132. The summed E-state index contributed by atoms with van der Waals surface area (Å²) in [6.07, 6.45) is -0.707. The van der Waals surface area contributed by atoms with E-state index in [-0.39, 0.29) is 5.54 Å². The third-order valence-corrected chi connectivity index (χ3v) is 3.68. The van der Waals surface area contributed by atoms with E-state index in [1.165, 1.54) is 6.92 Å². The first-order valence-electron chi connectivity index (χ1n) is 8.64. The lowest BCUT2D eigenvalue weighted by atomic mass is 10.1. The lowest BCUT2D eigenvalue weighted by Crippen LogP contribution is -2.38. The van der Waals surface area contributed by atoms with E-state index in [0.717, 1.165) is 5.56 Å². The SMILES string of the molecule is CC(=O)Oc1ccc(C(O)CNC(C)(C)C)cc1Oc1ccc(C)cc1. The standard InChI is InChI=1S/C21H27NO4/c1-14-6-9-17(10-7-14)26-20-12-16(8-11-19(20)25-15(2)23)18(24)13-22-21(3,4)5/h6-12,18,22,24H,13H2,1-5H3. The molecule has 1 atom stereocenters. The molecule has 2 N–H and O–H groups in total. The normalized spacial score (nSPS) is 12.5. The third-order valence-electron chi connectivity index (χ3n) is 3.68. The van der Waals surface area contributed by atoms with E-state index in [0.29, 0.717) is 29.4 Å². The number of β-amino-alcohol motifs (C(OH)–C–C–N with tert-alkyl or cyclic N) is 1. The zero-order chi connectivity index (χ0) is 19.3. The number of ether oxygens (including phenoxy) is 2. The molecule has 0 aliphatic carbocycles. The topological polar surface area (TPSA) is 67.8 Å². The highest BCUT2D eigenvalue weighted by molar-refractivity contribution is 5.70. The molecular weight excluding hydrogens is 330 g/mol. The second kappa shape index (κ2) is 8.34. The minimum absolute atomic E-state index is 0.0973. The molecule has 0 amide bonds. The highest BCUT2D eigenvalue weighted by atomic mass is 16.6. The first-order chi connectivity index (χ1) is 12.1. The zero-order valence-electron chi connectivity index (χ0n) is 16.0. The number of rotatable bonds is 6. The Labute approximate surface area is 155 Å². The molecule has 26 heavy (non-hydrogen) atoms. The Hall–Kier alpha value is -2.37. The molecule has 0 aliphatic rings. The Morgan fingerprint density at radius 1 is 1.12 bits per heavy atom. The number of aliphatic hydroxyl groups excluding tert-OH is 1. The number of aliphatic hydroxyl groups is 1. The molecule has 2 rings (SSSR count). The van der Waals surface area contributed by atoms with E-state index in [1.807, 2.05) is 52.0 Å². The summed E-state index contributed by atoms with van der Waals surface area (Å²) in [6, 6.07) is 12.6. The Bertz CT molecular complexity index is 748. The summed E-state index contributed by atoms with van der Waals surface area (Å²) in [5, 5.41) is 13.7. The Morgan fingerprint density at radius 3 is 2.35 bits per heavy atom. The Kier molecular flexibility index (Phi) is 6.40. The van der Waals surface area contributed by atoms with E-state index < -0.39 is 12.1 Å². The van der Waals surface area contributed by atoms with Crippen molar-refractivity contribution in [3.05, 3.63) is 53.6 Å². The van der Waals surface area contributed by atoms with Crippen molar-refractivity contribution < 1.29 is 19.4 Å². The fourth-order valence-electron chi connectivity index (χ4n) is 2.30. The lowest BCUT2D eigenvalue weighted by Gasteiger charge is -2.23. The van der Waals surface area contributed by atoms with Gasteiger partial charge < -0.3 is 19.9 Å². The molecule has 140 valence electrons. The van der Waals surface area contributed by atoms with Crippen LogP contribution in [0.1, 0.15) is 44.9 Å². The van der Waals surface area contributed by atoms with Crippen LogP contribution in [0.2, 0.25) is 0 Å². The van der Waals surface area contributed by atoms with Crippen LogP contribution in [0.15, 0.2) is 42.5 Å². The highest BCUT2D eigenvalue weighted by Gasteiger charge is 2.17. The number of esters is 1. The number of hydrogen-bond donors (Lipinski definition) is 2. The average Bonchev–Trinajstić information content (AvgIpc) is 2.55. The van der Waals surface area contributed by atoms with Crippen LogP contribution >= 0.6 is 0 Å². The number of benzene rings is 2. The maximum absolute atomic E-state index is 11.4. The van der Waals surface area contributed by atoms with Gasteiger partial charge in [-0.25, -0.2) is 0 Å². The van der Waals surface area contributed by atoms with E-state index in [4.69, 9.17) is 9.47 Å². The predicted octanol–water partition coefficient (Wildman–Crippen LogP) is 4.13. The first-order valence-corrected chi connectivity index (χ1v) is 8.64. The summed E-state index contributed by atoms with van der Waals surface area (Å²) in [5.41, 5.74) is 1.70. The van der Waals surface area contributed by atoms with Gasteiger partial charge in [0.15, 0.2) is 11.5 Å². The maximum atomic E-state index is 11.4. The molecule has 5 nitrogen and oxygen atoms in total. The summed E-state index contributed by atoms with van der Waals surface area (Å²) < 4.78 is 11.1. The second-order valence-corrected chi connectivity index (χ2v) is 7.36. The van der Waals surface area contributed by atoms with Crippen molar-refractivity contribution in [1.82, 2.24) is 5.32 Å². The van der Waals surface area contributed by atoms with Gasteiger partial charge in [-0.2, -0.15) is 0 Å². The zero-order valence-corrected chi connectivity index (χ0v) is 16.0.